The lowest BCUT2D eigenvalue weighted by molar-refractivity contribution is -0.141. The number of likely N-dealkylation sites (N-methyl/N-ethyl adjacent to an activating group) is 1. The molecule has 0 bridgehead atoms. The average molecular weight is 591 g/mol. The van der Waals surface area contributed by atoms with Crippen LogP contribution in [0.4, 0.5) is 0 Å². The lowest BCUT2D eigenvalue weighted by Crippen LogP contribution is -2.53. The van der Waals surface area contributed by atoms with Crippen LogP contribution in [0.15, 0.2) is 77.7 Å². The maximum absolute atomic E-state index is 13.8. The first-order valence-electron chi connectivity index (χ1n) is 12.5. The molecule has 3 rings (SSSR count). The Kier molecular flexibility index (Phi) is 10.6. The third-order valence-electron chi connectivity index (χ3n) is 6.13. The van der Waals surface area contributed by atoms with Crippen LogP contribution in [0.25, 0.3) is 0 Å². The molecular weight excluding hydrogens is 557 g/mol. The van der Waals surface area contributed by atoms with Crippen molar-refractivity contribution in [3.63, 3.8) is 0 Å². The van der Waals surface area contributed by atoms with Gasteiger partial charge in [-0.2, -0.15) is 4.31 Å². The third-order valence-corrected chi connectivity index (χ3v) is 8.68. The number of amides is 2. The minimum absolute atomic E-state index is 0.0250. The van der Waals surface area contributed by atoms with Crippen LogP contribution < -0.4 is 5.32 Å². The number of rotatable bonds is 11. The maximum atomic E-state index is 13.8. The summed E-state index contributed by atoms with van der Waals surface area (Å²) >= 11 is 12.3. The number of halogens is 2. The Hall–Kier alpha value is -2.91. The van der Waals surface area contributed by atoms with E-state index in [2.05, 4.69) is 5.32 Å². The van der Waals surface area contributed by atoms with Crippen molar-refractivity contribution in [2.24, 2.45) is 0 Å². The Bertz CT molecular complexity index is 1400. The van der Waals surface area contributed by atoms with Crippen LogP contribution in [-0.4, -0.2) is 55.1 Å². The number of nitrogens with one attached hydrogen (secondary N) is 1. The molecule has 0 heterocycles. The monoisotopic (exact) mass is 589 g/mol. The highest BCUT2D eigenvalue weighted by Gasteiger charge is 2.33. The van der Waals surface area contributed by atoms with E-state index in [1.54, 1.807) is 30.3 Å². The van der Waals surface area contributed by atoms with Crippen molar-refractivity contribution in [3.8, 4) is 0 Å². The normalized spacial score (nSPS) is 12.4. The Balaban J connectivity index is 1.99. The molecule has 1 N–H and O–H groups in total. The molecule has 0 saturated carbocycles. The first-order valence-corrected chi connectivity index (χ1v) is 14.7. The van der Waals surface area contributed by atoms with Gasteiger partial charge in [0.15, 0.2) is 0 Å². The molecule has 1 unspecified atom stereocenters. The fourth-order valence-electron chi connectivity index (χ4n) is 4.03. The lowest BCUT2D eigenvalue weighted by atomic mass is 10.0. The second-order valence-corrected chi connectivity index (χ2v) is 12.6. The summed E-state index contributed by atoms with van der Waals surface area (Å²) in [5, 5.41) is 3.58. The molecule has 0 fully saturated rings. The zero-order chi connectivity index (χ0) is 28.7. The Morgan fingerprint density at radius 1 is 0.897 bits per heavy atom. The zero-order valence-electron chi connectivity index (χ0n) is 22.4. The highest BCUT2D eigenvalue weighted by molar-refractivity contribution is 7.89. The van der Waals surface area contributed by atoms with Crippen LogP contribution in [0.5, 0.6) is 0 Å². The number of nitrogens with zero attached hydrogens (tertiary/aromatic N) is 2. The van der Waals surface area contributed by atoms with Crippen molar-refractivity contribution < 1.29 is 18.0 Å². The standard InChI is InChI=1S/C29H33Cl2N3O4S/c1-20(2)32-29(36)27(17-22-8-6-5-7-9-22)34(18-23-12-15-25(30)26(31)16-23)28(35)19-33(4)39(37,38)24-13-10-21(3)11-14-24/h5-16,20,27H,17-19H2,1-4H3,(H,32,36). The molecule has 208 valence electrons. The fourth-order valence-corrected chi connectivity index (χ4v) is 5.47. The molecule has 0 aliphatic heterocycles. The molecule has 39 heavy (non-hydrogen) atoms. The molecule has 0 aliphatic carbocycles. The molecule has 0 aromatic heterocycles. The fraction of sp³-hybridized carbons (Fsp3) is 0.310. The van der Waals surface area contributed by atoms with Gasteiger partial charge in [0.25, 0.3) is 0 Å². The molecule has 3 aromatic rings. The number of benzene rings is 3. The molecule has 0 radical (unpaired) electrons. The van der Waals surface area contributed by atoms with E-state index in [9.17, 15) is 18.0 Å². The van der Waals surface area contributed by atoms with Crippen molar-refractivity contribution in [1.29, 1.82) is 0 Å². The summed E-state index contributed by atoms with van der Waals surface area (Å²) in [5.41, 5.74) is 2.42. The largest absolute Gasteiger partial charge is 0.352 e. The van der Waals surface area contributed by atoms with Crippen LogP contribution in [0.3, 0.4) is 0 Å². The maximum Gasteiger partial charge on any atom is 0.243 e. The van der Waals surface area contributed by atoms with Crippen LogP contribution in [0.1, 0.15) is 30.5 Å². The summed E-state index contributed by atoms with van der Waals surface area (Å²) < 4.78 is 27.5. The number of hydrogen-bond donors (Lipinski definition) is 1. The molecule has 0 aliphatic rings. The number of carbonyl (C=O) groups is 2. The minimum atomic E-state index is -3.95. The predicted molar refractivity (Wildman–Crippen MR) is 155 cm³/mol. The van der Waals surface area contributed by atoms with Crippen molar-refractivity contribution in [2.45, 2.75) is 50.7 Å². The van der Waals surface area contributed by atoms with Gasteiger partial charge in [-0.25, -0.2) is 8.42 Å². The number of sulfonamides is 1. The van der Waals surface area contributed by atoms with E-state index in [0.717, 1.165) is 15.4 Å². The Morgan fingerprint density at radius 2 is 1.54 bits per heavy atom. The van der Waals surface area contributed by atoms with Gasteiger partial charge in [-0.1, -0.05) is 77.3 Å². The van der Waals surface area contributed by atoms with E-state index in [0.29, 0.717) is 15.6 Å². The number of aryl methyl sites for hydroxylation is 1. The third kappa shape index (κ3) is 8.29. The van der Waals surface area contributed by atoms with Crippen LogP contribution in [-0.2, 0) is 32.6 Å². The summed E-state index contributed by atoms with van der Waals surface area (Å²) in [6.45, 7) is 5.10. The lowest BCUT2D eigenvalue weighted by Gasteiger charge is -2.33. The van der Waals surface area contributed by atoms with Gasteiger partial charge in [0, 0.05) is 26.1 Å². The van der Waals surface area contributed by atoms with Crippen molar-refractivity contribution in [3.05, 3.63) is 99.5 Å². The van der Waals surface area contributed by atoms with E-state index in [-0.39, 0.29) is 29.8 Å². The van der Waals surface area contributed by atoms with E-state index in [1.165, 1.54) is 24.1 Å². The van der Waals surface area contributed by atoms with Gasteiger partial charge >= 0.3 is 0 Å². The summed E-state index contributed by atoms with van der Waals surface area (Å²) in [7, 11) is -2.59. The van der Waals surface area contributed by atoms with Gasteiger partial charge in [-0.05, 0) is 56.2 Å². The quantitative estimate of drug-likeness (QED) is 0.337. The van der Waals surface area contributed by atoms with Gasteiger partial charge in [-0.3, -0.25) is 9.59 Å². The summed E-state index contributed by atoms with van der Waals surface area (Å²) in [6.07, 6.45) is 0.237. The second-order valence-electron chi connectivity index (χ2n) is 9.71. The smallest absolute Gasteiger partial charge is 0.243 e. The first kappa shape index (κ1) is 30.6. The molecule has 3 aromatic carbocycles. The Labute approximate surface area is 240 Å². The second kappa shape index (κ2) is 13.4. The molecule has 0 saturated heterocycles. The highest BCUT2D eigenvalue weighted by atomic mass is 35.5. The number of carbonyl (C=O) groups excluding carboxylic acids is 2. The van der Waals surface area contributed by atoms with Gasteiger partial charge in [-0.15, -0.1) is 0 Å². The molecule has 2 amide bonds. The highest BCUT2D eigenvalue weighted by Crippen LogP contribution is 2.25. The summed E-state index contributed by atoms with van der Waals surface area (Å²) in [4.78, 5) is 28.8. The molecule has 1 atom stereocenters. The topological polar surface area (TPSA) is 86.8 Å². The van der Waals surface area contributed by atoms with Crippen LogP contribution >= 0.6 is 23.2 Å². The average Bonchev–Trinajstić information content (AvgIpc) is 2.88. The van der Waals surface area contributed by atoms with Gasteiger partial charge in [0.05, 0.1) is 21.5 Å². The van der Waals surface area contributed by atoms with Crippen molar-refractivity contribution in [2.75, 3.05) is 13.6 Å². The van der Waals surface area contributed by atoms with E-state index in [4.69, 9.17) is 23.2 Å². The summed E-state index contributed by atoms with van der Waals surface area (Å²) in [5.74, 6) is -0.870. The zero-order valence-corrected chi connectivity index (χ0v) is 24.7. The number of hydrogen-bond acceptors (Lipinski definition) is 4. The van der Waals surface area contributed by atoms with Gasteiger partial charge in [0.1, 0.15) is 6.04 Å². The first-order chi connectivity index (χ1) is 18.4. The molecule has 0 spiro atoms. The van der Waals surface area contributed by atoms with Gasteiger partial charge < -0.3 is 10.2 Å². The summed E-state index contributed by atoms with van der Waals surface area (Å²) in [6, 6.07) is 19.7. The van der Waals surface area contributed by atoms with E-state index >= 15 is 0 Å². The predicted octanol–water partition coefficient (Wildman–Crippen LogP) is 5.09. The van der Waals surface area contributed by atoms with Crippen molar-refractivity contribution in [1.82, 2.24) is 14.5 Å². The van der Waals surface area contributed by atoms with E-state index < -0.39 is 28.5 Å². The van der Waals surface area contributed by atoms with E-state index in [1.807, 2.05) is 51.1 Å². The Morgan fingerprint density at radius 3 is 2.13 bits per heavy atom. The van der Waals surface area contributed by atoms with Crippen LogP contribution in [0.2, 0.25) is 10.0 Å². The molecule has 10 heteroatoms. The van der Waals surface area contributed by atoms with Crippen LogP contribution in [0, 0.1) is 6.92 Å². The minimum Gasteiger partial charge on any atom is -0.352 e. The SMILES string of the molecule is Cc1ccc(S(=O)(=O)N(C)CC(=O)N(Cc2ccc(Cl)c(Cl)c2)C(Cc2ccccc2)C(=O)NC(C)C)cc1. The van der Waals surface area contributed by atoms with Gasteiger partial charge in [0.2, 0.25) is 21.8 Å². The van der Waals surface area contributed by atoms with Crippen molar-refractivity contribution >= 4 is 45.0 Å². The molecule has 7 nitrogen and oxygen atoms in total. The molecular formula is C29H33Cl2N3O4S.